The van der Waals surface area contributed by atoms with Gasteiger partial charge in [-0.25, -0.2) is 0 Å². The van der Waals surface area contributed by atoms with Gasteiger partial charge in [0.1, 0.15) is 0 Å². The van der Waals surface area contributed by atoms with Crippen molar-refractivity contribution in [1.29, 1.82) is 0 Å². The summed E-state index contributed by atoms with van der Waals surface area (Å²) in [6, 6.07) is 6.74. The van der Waals surface area contributed by atoms with Crippen molar-refractivity contribution in [3.8, 4) is 0 Å². The third kappa shape index (κ3) is 3.50. The lowest BCUT2D eigenvalue weighted by atomic mass is 10.1. The second-order valence-corrected chi connectivity index (χ2v) is 6.40. The zero-order valence-electron chi connectivity index (χ0n) is 11.9. The van der Waals surface area contributed by atoms with Crippen LogP contribution in [0.25, 0.3) is 0 Å². The molecule has 1 unspecified atom stereocenters. The molecule has 0 amide bonds. The SMILES string of the molecule is C[C@@H](O)c1ccc(N(C)CC2CCCN2C)c(Br)c1. The molecule has 0 aliphatic carbocycles. The van der Waals surface area contributed by atoms with Gasteiger partial charge in [0, 0.05) is 24.1 Å². The van der Waals surface area contributed by atoms with Crippen LogP contribution in [-0.4, -0.2) is 43.2 Å². The van der Waals surface area contributed by atoms with Crippen LogP contribution in [0.3, 0.4) is 0 Å². The predicted molar refractivity (Wildman–Crippen MR) is 83.7 cm³/mol. The predicted octanol–water partition coefficient (Wildman–Crippen LogP) is 3.03. The molecule has 0 radical (unpaired) electrons. The van der Waals surface area contributed by atoms with Gasteiger partial charge in [0.15, 0.2) is 0 Å². The zero-order chi connectivity index (χ0) is 14.0. The molecule has 1 aromatic carbocycles. The molecule has 2 rings (SSSR count). The van der Waals surface area contributed by atoms with Gasteiger partial charge in [-0.1, -0.05) is 6.07 Å². The zero-order valence-corrected chi connectivity index (χ0v) is 13.5. The summed E-state index contributed by atoms with van der Waals surface area (Å²) in [5, 5.41) is 9.60. The van der Waals surface area contributed by atoms with Crippen LogP contribution >= 0.6 is 15.9 Å². The van der Waals surface area contributed by atoms with Crippen LogP contribution in [0.2, 0.25) is 0 Å². The van der Waals surface area contributed by atoms with Crippen molar-refractivity contribution in [2.24, 2.45) is 0 Å². The third-order valence-corrected chi connectivity index (χ3v) is 4.66. The maximum atomic E-state index is 9.60. The van der Waals surface area contributed by atoms with E-state index < -0.39 is 6.10 Å². The first-order chi connectivity index (χ1) is 8.99. The molecule has 0 spiro atoms. The monoisotopic (exact) mass is 326 g/mol. The van der Waals surface area contributed by atoms with Crippen molar-refractivity contribution in [2.45, 2.75) is 31.9 Å². The Kier molecular flexibility index (Phi) is 4.87. The van der Waals surface area contributed by atoms with Crippen LogP contribution in [0.1, 0.15) is 31.4 Å². The van der Waals surface area contributed by atoms with Crippen molar-refractivity contribution >= 4 is 21.6 Å². The highest BCUT2D eigenvalue weighted by molar-refractivity contribution is 9.10. The van der Waals surface area contributed by atoms with E-state index in [0.29, 0.717) is 6.04 Å². The maximum Gasteiger partial charge on any atom is 0.0762 e. The molecule has 1 aliphatic rings. The number of aliphatic hydroxyl groups is 1. The maximum absolute atomic E-state index is 9.60. The summed E-state index contributed by atoms with van der Waals surface area (Å²) < 4.78 is 1.05. The Morgan fingerprint density at radius 3 is 2.79 bits per heavy atom. The summed E-state index contributed by atoms with van der Waals surface area (Å²) in [5.74, 6) is 0. The number of rotatable bonds is 4. The summed E-state index contributed by atoms with van der Waals surface area (Å²) >= 11 is 3.61. The number of hydrogen-bond acceptors (Lipinski definition) is 3. The molecule has 106 valence electrons. The lowest BCUT2D eigenvalue weighted by molar-refractivity contribution is 0.199. The average molecular weight is 327 g/mol. The molecule has 1 saturated heterocycles. The van der Waals surface area contributed by atoms with Gasteiger partial charge in [-0.3, -0.25) is 0 Å². The van der Waals surface area contributed by atoms with Crippen molar-refractivity contribution in [2.75, 3.05) is 32.1 Å². The number of benzene rings is 1. The standard InChI is InChI=1S/C15H23BrN2O/c1-11(19)12-6-7-15(14(16)9-12)18(3)10-13-5-4-8-17(13)2/h6-7,9,11,13,19H,4-5,8,10H2,1-3H3/t11-,13?/m1/s1. The van der Waals surface area contributed by atoms with Crippen molar-refractivity contribution in [1.82, 2.24) is 4.90 Å². The summed E-state index contributed by atoms with van der Waals surface area (Å²) in [6.07, 6.45) is 2.16. The van der Waals surface area contributed by atoms with Crippen LogP contribution in [0.15, 0.2) is 22.7 Å². The van der Waals surface area contributed by atoms with E-state index in [2.05, 4.69) is 45.9 Å². The van der Waals surface area contributed by atoms with Gasteiger partial charge in [-0.05, 0) is 67.0 Å². The molecular formula is C15H23BrN2O. The van der Waals surface area contributed by atoms with E-state index in [1.807, 2.05) is 12.1 Å². The van der Waals surface area contributed by atoms with Gasteiger partial charge in [-0.15, -0.1) is 0 Å². The largest absolute Gasteiger partial charge is 0.389 e. The molecular weight excluding hydrogens is 304 g/mol. The van der Waals surface area contributed by atoms with E-state index in [1.165, 1.54) is 25.1 Å². The van der Waals surface area contributed by atoms with Gasteiger partial charge >= 0.3 is 0 Å². The molecule has 1 aliphatic heterocycles. The van der Waals surface area contributed by atoms with Crippen LogP contribution in [0.5, 0.6) is 0 Å². The van der Waals surface area contributed by atoms with Crippen molar-refractivity contribution < 1.29 is 5.11 Å². The Morgan fingerprint density at radius 2 is 2.26 bits per heavy atom. The number of hydrogen-bond donors (Lipinski definition) is 1. The van der Waals surface area contributed by atoms with E-state index in [9.17, 15) is 5.11 Å². The third-order valence-electron chi connectivity index (χ3n) is 4.02. The van der Waals surface area contributed by atoms with Gasteiger partial charge in [0.25, 0.3) is 0 Å². The van der Waals surface area contributed by atoms with Crippen molar-refractivity contribution in [3.05, 3.63) is 28.2 Å². The quantitative estimate of drug-likeness (QED) is 0.921. The molecule has 19 heavy (non-hydrogen) atoms. The van der Waals surface area contributed by atoms with Crippen LogP contribution in [-0.2, 0) is 0 Å². The van der Waals surface area contributed by atoms with Crippen LogP contribution in [0, 0.1) is 0 Å². The first kappa shape index (κ1) is 14.8. The van der Waals surface area contributed by atoms with E-state index in [-0.39, 0.29) is 0 Å². The Balaban J connectivity index is 2.08. The average Bonchev–Trinajstić information content (AvgIpc) is 2.74. The van der Waals surface area contributed by atoms with Gasteiger partial charge in [0.05, 0.1) is 11.8 Å². The summed E-state index contributed by atoms with van der Waals surface area (Å²) in [4.78, 5) is 4.73. The summed E-state index contributed by atoms with van der Waals surface area (Å²) in [5.41, 5.74) is 2.13. The fourth-order valence-electron chi connectivity index (χ4n) is 2.72. The summed E-state index contributed by atoms with van der Waals surface area (Å²) in [7, 11) is 4.34. The Bertz CT molecular complexity index is 436. The molecule has 2 atom stereocenters. The first-order valence-corrected chi connectivity index (χ1v) is 7.67. The smallest absolute Gasteiger partial charge is 0.0762 e. The molecule has 0 aromatic heterocycles. The van der Waals surface area contributed by atoms with Crippen molar-refractivity contribution in [3.63, 3.8) is 0 Å². The minimum atomic E-state index is -0.420. The van der Waals surface area contributed by atoms with E-state index in [0.717, 1.165) is 16.6 Å². The molecule has 1 heterocycles. The Labute approximate surface area is 124 Å². The molecule has 3 nitrogen and oxygen atoms in total. The minimum absolute atomic E-state index is 0.420. The lowest BCUT2D eigenvalue weighted by Crippen LogP contribution is -2.36. The minimum Gasteiger partial charge on any atom is -0.389 e. The molecule has 1 fully saturated rings. The Morgan fingerprint density at radius 1 is 1.53 bits per heavy atom. The van der Waals surface area contributed by atoms with E-state index in [4.69, 9.17) is 0 Å². The van der Waals surface area contributed by atoms with E-state index >= 15 is 0 Å². The normalized spacial score (nSPS) is 21.6. The second kappa shape index (κ2) is 6.25. The van der Waals surface area contributed by atoms with Gasteiger partial charge in [0.2, 0.25) is 0 Å². The second-order valence-electron chi connectivity index (χ2n) is 5.54. The highest BCUT2D eigenvalue weighted by Crippen LogP contribution is 2.29. The highest BCUT2D eigenvalue weighted by atomic mass is 79.9. The van der Waals surface area contributed by atoms with Crippen LogP contribution in [0.4, 0.5) is 5.69 Å². The molecule has 0 saturated carbocycles. The first-order valence-electron chi connectivity index (χ1n) is 6.88. The number of likely N-dealkylation sites (N-methyl/N-ethyl adjacent to an activating group) is 2. The molecule has 1 N–H and O–H groups in total. The number of halogens is 1. The van der Waals surface area contributed by atoms with Gasteiger partial charge in [-0.2, -0.15) is 0 Å². The number of likely N-dealkylation sites (tertiary alicyclic amines) is 1. The number of anilines is 1. The fraction of sp³-hybridized carbons (Fsp3) is 0.600. The van der Waals surface area contributed by atoms with Gasteiger partial charge < -0.3 is 14.9 Å². The molecule has 1 aromatic rings. The topological polar surface area (TPSA) is 26.7 Å². The fourth-order valence-corrected chi connectivity index (χ4v) is 3.42. The molecule has 4 heteroatoms. The summed E-state index contributed by atoms with van der Waals surface area (Å²) in [6.45, 7) is 4.04. The molecule has 0 bridgehead atoms. The highest BCUT2D eigenvalue weighted by Gasteiger charge is 2.22. The Hall–Kier alpha value is -0.580. The lowest BCUT2D eigenvalue weighted by Gasteiger charge is -2.28. The number of nitrogens with zero attached hydrogens (tertiary/aromatic N) is 2. The van der Waals surface area contributed by atoms with E-state index in [1.54, 1.807) is 6.92 Å². The van der Waals surface area contributed by atoms with Crippen LogP contribution < -0.4 is 4.90 Å². The number of aliphatic hydroxyl groups excluding tert-OH is 1.